The average molecular weight is 967 g/mol. The Kier molecular flexibility index (Phi) is 8.95. The molecule has 0 bridgehead atoms. The van der Waals surface area contributed by atoms with Crippen molar-refractivity contribution in [1.82, 2.24) is 0 Å². The van der Waals surface area contributed by atoms with E-state index in [4.69, 9.17) is 0 Å². The van der Waals surface area contributed by atoms with Crippen LogP contribution in [0.1, 0.15) is 23.1 Å². The monoisotopic (exact) mass is 966 g/mol. The molecule has 76 heavy (non-hydrogen) atoms. The Labute approximate surface area is 442 Å². The fourth-order valence-electron chi connectivity index (χ4n) is 14.6. The molecule has 0 fully saturated rings. The maximum absolute atomic E-state index is 2.66. The van der Waals surface area contributed by atoms with Gasteiger partial charge in [-0.2, -0.15) is 0 Å². The van der Waals surface area contributed by atoms with Crippen LogP contribution >= 0.6 is 0 Å². The zero-order chi connectivity index (χ0) is 49.6. The molecule has 356 valence electrons. The van der Waals surface area contributed by atoms with Crippen molar-refractivity contribution < 1.29 is 0 Å². The highest BCUT2D eigenvalue weighted by Gasteiger charge is 2.33. The number of fused-ring (bicyclic) bond motifs is 12. The van der Waals surface area contributed by atoms with Gasteiger partial charge >= 0.3 is 0 Å². The quantitative estimate of drug-likeness (QED) is 0.162. The smallest absolute Gasteiger partial charge is 0.0588 e. The summed E-state index contributed by atoms with van der Waals surface area (Å²) >= 11 is 0. The molecule has 12 aromatic carbocycles. The standard InChI is InChI=1S/C74H50N2/c1-9-27-67-45(15-1)31-32-46-16-2-10-28-68(46)75(67)49-35-37-63-65(43-49)73(61-41-39-59-53-21-7-5-19-51(53)55-23-13-25-57(61)71(55)59)64-38-36-50(76-69-29-11-3-17-47(69)33-34-48-18-4-12-30-70(48)76)44-66(64)74(63)62-42-40-60-54-22-8-6-20-52(54)56-24-14-26-58(62)72(56)60/h1-30,35-45,67H,31-34H2. The van der Waals surface area contributed by atoms with Gasteiger partial charge in [0.05, 0.1) is 6.04 Å². The third-order valence-electron chi connectivity index (χ3n) is 17.9. The number of allylic oxidation sites excluding steroid dienone is 2. The third-order valence-corrected chi connectivity index (χ3v) is 17.9. The number of hydrogen-bond donors (Lipinski definition) is 0. The minimum atomic E-state index is 0.185. The summed E-state index contributed by atoms with van der Waals surface area (Å²) in [6, 6.07) is 84.0. The Morgan fingerprint density at radius 1 is 0.303 bits per heavy atom. The molecule has 2 nitrogen and oxygen atoms in total. The third kappa shape index (κ3) is 5.93. The normalized spacial score (nSPS) is 16.3. The highest BCUT2D eigenvalue weighted by atomic mass is 15.2. The number of hydrogen-bond acceptors (Lipinski definition) is 2. The van der Waals surface area contributed by atoms with Crippen molar-refractivity contribution >= 4 is 71.5 Å². The number of rotatable bonds is 4. The summed E-state index contributed by atoms with van der Waals surface area (Å²) in [5, 5.41) is 10.3. The number of benzene rings is 12. The van der Waals surface area contributed by atoms with Gasteiger partial charge in [-0.15, -0.1) is 0 Å². The summed E-state index contributed by atoms with van der Waals surface area (Å²) in [6.07, 6.45) is 13.5. The Hall–Kier alpha value is -9.24. The first-order valence-electron chi connectivity index (χ1n) is 27.3. The fraction of sp³-hybridized carbons (Fsp3) is 0.0811. The molecule has 2 heterocycles. The Balaban J connectivity index is 1.03. The van der Waals surface area contributed by atoms with Crippen LogP contribution in [0, 0.1) is 5.92 Å². The van der Waals surface area contributed by atoms with Crippen LogP contribution in [0.3, 0.4) is 0 Å². The van der Waals surface area contributed by atoms with Crippen molar-refractivity contribution in [2.75, 3.05) is 9.80 Å². The van der Waals surface area contributed by atoms with Crippen LogP contribution in [0.25, 0.3) is 110 Å². The minimum absolute atomic E-state index is 0.185. The Bertz CT molecular complexity index is 4460. The second kappa shape index (κ2) is 16.1. The molecule has 2 atom stereocenters. The summed E-state index contributed by atoms with van der Waals surface area (Å²) in [4.78, 5) is 5.21. The summed E-state index contributed by atoms with van der Waals surface area (Å²) in [5.41, 5.74) is 25.9. The number of para-hydroxylation sites is 3. The maximum atomic E-state index is 2.66. The van der Waals surface area contributed by atoms with E-state index in [1.165, 1.54) is 149 Å². The van der Waals surface area contributed by atoms with Gasteiger partial charge in [-0.25, -0.2) is 0 Å². The van der Waals surface area contributed by atoms with Crippen molar-refractivity contribution in [3.05, 3.63) is 259 Å². The predicted molar refractivity (Wildman–Crippen MR) is 321 cm³/mol. The number of aryl methyl sites for hydroxylation is 3. The molecule has 0 amide bonds. The van der Waals surface area contributed by atoms with E-state index >= 15 is 0 Å². The van der Waals surface area contributed by atoms with Crippen LogP contribution in [0.2, 0.25) is 0 Å². The number of anilines is 5. The van der Waals surface area contributed by atoms with E-state index < -0.39 is 0 Å². The largest absolute Gasteiger partial charge is 0.334 e. The molecule has 0 saturated carbocycles. The van der Waals surface area contributed by atoms with Crippen molar-refractivity contribution in [2.45, 2.75) is 31.7 Å². The molecule has 2 heteroatoms. The van der Waals surface area contributed by atoms with Gasteiger partial charge in [-0.05, 0) is 195 Å². The van der Waals surface area contributed by atoms with E-state index in [9.17, 15) is 0 Å². The Morgan fingerprint density at radius 2 is 0.737 bits per heavy atom. The fourth-order valence-corrected chi connectivity index (χ4v) is 14.6. The molecule has 0 aromatic heterocycles. The molecule has 12 aromatic rings. The summed E-state index contributed by atoms with van der Waals surface area (Å²) < 4.78 is 0. The second-order valence-electron chi connectivity index (χ2n) is 21.6. The first kappa shape index (κ1) is 42.2. The molecule has 3 aliphatic carbocycles. The van der Waals surface area contributed by atoms with Gasteiger partial charge in [0.2, 0.25) is 0 Å². The molecule has 17 rings (SSSR count). The van der Waals surface area contributed by atoms with Crippen LogP contribution < -0.4 is 9.80 Å². The minimum Gasteiger partial charge on any atom is -0.334 e. The zero-order valence-electron chi connectivity index (χ0n) is 42.0. The van der Waals surface area contributed by atoms with Gasteiger partial charge in [0.15, 0.2) is 0 Å². The second-order valence-corrected chi connectivity index (χ2v) is 21.6. The molecule has 0 saturated heterocycles. The van der Waals surface area contributed by atoms with E-state index in [0.717, 1.165) is 31.4 Å². The van der Waals surface area contributed by atoms with E-state index in [2.05, 4.69) is 252 Å². The first-order chi connectivity index (χ1) is 37.7. The molecule has 2 aliphatic heterocycles. The lowest BCUT2D eigenvalue weighted by molar-refractivity contribution is 0.535. The van der Waals surface area contributed by atoms with Gasteiger partial charge < -0.3 is 9.80 Å². The van der Waals surface area contributed by atoms with E-state index in [-0.39, 0.29) is 6.04 Å². The van der Waals surface area contributed by atoms with Crippen LogP contribution in [-0.2, 0) is 19.3 Å². The lowest BCUT2D eigenvalue weighted by Gasteiger charge is -2.36. The van der Waals surface area contributed by atoms with Crippen molar-refractivity contribution in [1.29, 1.82) is 0 Å². The maximum Gasteiger partial charge on any atom is 0.0588 e. The van der Waals surface area contributed by atoms with Crippen LogP contribution in [-0.4, -0.2) is 6.04 Å². The van der Waals surface area contributed by atoms with Gasteiger partial charge in [-0.3, -0.25) is 0 Å². The topological polar surface area (TPSA) is 6.48 Å². The zero-order valence-corrected chi connectivity index (χ0v) is 42.0. The SMILES string of the molecule is C1=CC2CCc3ccccc3N(c3ccc4c(-c5ccc6c7c(cccc57)-c5ccccc5-6)c5cc(N6c7ccccc7CCc7ccccc76)ccc5c(-c5ccc6c7c(cccc57)-c5ccccc5-6)c4c3)C2C=C1. The molecular formula is C74H50N2. The van der Waals surface area contributed by atoms with Gasteiger partial charge in [0.25, 0.3) is 0 Å². The highest BCUT2D eigenvalue weighted by Crippen LogP contribution is 2.56. The van der Waals surface area contributed by atoms with Gasteiger partial charge in [-0.1, -0.05) is 200 Å². The number of nitrogens with zero attached hydrogens (tertiary/aromatic N) is 2. The lowest BCUT2D eigenvalue weighted by atomic mass is 9.82. The predicted octanol–water partition coefficient (Wildman–Crippen LogP) is 19.7. The van der Waals surface area contributed by atoms with E-state index in [0.29, 0.717) is 5.92 Å². The molecule has 0 spiro atoms. The van der Waals surface area contributed by atoms with Crippen molar-refractivity contribution in [3.63, 3.8) is 0 Å². The summed E-state index contributed by atoms with van der Waals surface area (Å²) in [7, 11) is 0. The van der Waals surface area contributed by atoms with Crippen LogP contribution in [0.15, 0.2) is 243 Å². The van der Waals surface area contributed by atoms with E-state index in [1.807, 2.05) is 0 Å². The first-order valence-corrected chi connectivity index (χ1v) is 27.3. The van der Waals surface area contributed by atoms with Crippen molar-refractivity contribution in [2.24, 2.45) is 5.92 Å². The van der Waals surface area contributed by atoms with E-state index in [1.54, 1.807) is 0 Å². The van der Waals surface area contributed by atoms with Gasteiger partial charge in [0.1, 0.15) is 0 Å². The molecule has 5 aliphatic rings. The lowest BCUT2D eigenvalue weighted by Crippen LogP contribution is -2.35. The average Bonchev–Trinajstić information content (AvgIpc) is 3.97. The summed E-state index contributed by atoms with van der Waals surface area (Å²) in [6.45, 7) is 0. The molecular weight excluding hydrogens is 917 g/mol. The van der Waals surface area contributed by atoms with Gasteiger partial charge in [0, 0.05) is 34.4 Å². The highest BCUT2D eigenvalue weighted by molar-refractivity contribution is 6.30. The summed E-state index contributed by atoms with van der Waals surface area (Å²) in [5.74, 6) is 0.392. The molecule has 0 radical (unpaired) electrons. The van der Waals surface area contributed by atoms with Crippen LogP contribution in [0.5, 0.6) is 0 Å². The van der Waals surface area contributed by atoms with Crippen molar-refractivity contribution in [3.8, 4) is 66.8 Å². The Morgan fingerprint density at radius 3 is 1.30 bits per heavy atom. The molecule has 0 N–H and O–H groups in total. The van der Waals surface area contributed by atoms with Crippen LogP contribution in [0.4, 0.5) is 28.4 Å². The molecule has 2 unspecified atom stereocenters.